The molecule has 8 nitrogen and oxygen atoms in total. The summed E-state index contributed by atoms with van der Waals surface area (Å²) in [6.45, 7) is 0. The van der Waals surface area contributed by atoms with Crippen LogP contribution >= 0.6 is 0 Å². The van der Waals surface area contributed by atoms with Crippen molar-refractivity contribution >= 4 is 11.8 Å². The number of aromatic carboxylic acids is 1. The number of hydrogen-bond acceptors (Lipinski definition) is 6. The number of aromatic amines is 1. The third-order valence-electron chi connectivity index (χ3n) is 2.97. The molecule has 1 aromatic carbocycles. The normalized spacial score (nSPS) is 11.9. The summed E-state index contributed by atoms with van der Waals surface area (Å²) in [7, 11) is 0. The number of nitrogens with zero attached hydrogens (tertiary/aromatic N) is 1. The van der Waals surface area contributed by atoms with Crippen molar-refractivity contribution in [3.63, 3.8) is 0 Å². The van der Waals surface area contributed by atoms with Crippen molar-refractivity contribution in [1.29, 1.82) is 0 Å². The van der Waals surface area contributed by atoms with Gasteiger partial charge < -0.3 is 20.9 Å². The Hall–Kier alpha value is -3.00. The second-order valence-electron chi connectivity index (χ2n) is 4.58. The van der Waals surface area contributed by atoms with Crippen LogP contribution in [0.25, 0.3) is 0 Å². The van der Waals surface area contributed by atoms with Crippen LogP contribution in [0.4, 0.5) is 0 Å². The highest BCUT2D eigenvalue weighted by atomic mass is 16.4. The number of hydrogen-bond donors (Lipinski definition) is 4. The maximum absolute atomic E-state index is 12.2. The van der Waals surface area contributed by atoms with Gasteiger partial charge in [0.25, 0.3) is 5.56 Å². The zero-order chi connectivity index (χ0) is 16.3. The molecule has 8 heteroatoms. The third-order valence-corrected chi connectivity index (χ3v) is 2.97. The number of Topliss-reactive ketones (excluding diaryl/α,β-unsaturated/α-hetero) is 1. The fourth-order valence-corrected chi connectivity index (χ4v) is 1.87. The van der Waals surface area contributed by atoms with Crippen LogP contribution in [0.5, 0.6) is 5.75 Å². The molecule has 0 aliphatic carbocycles. The van der Waals surface area contributed by atoms with Gasteiger partial charge in [-0.25, -0.2) is 9.78 Å². The smallest absolute Gasteiger partial charge is 0.358 e. The number of nitrogens with one attached hydrogen (secondary N) is 1. The second-order valence-corrected chi connectivity index (χ2v) is 4.58. The van der Waals surface area contributed by atoms with E-state index in [1.807, 2.05) is 11.1 Å². The van der Waals surface area contributed by atoms with E-state index in [2.05, 4.69) is 4.98 Å². The summed E-state index contributed by atoms with van der Waals surface area (Å²) in [5.74, 6) is -3.89. The Kier molecular flexibility index (Phi) is 4.33. The van der Waals surface area contributed by atoms with Crippen LogP contribution in [0, 0.1) is 0 Å². The molecular formula is C14H13N3O5. The van der Waals surface area contributed by atoms with Gasteiger partial charge in [0.05, 0.1) is 6.04 Å². The maximum atomic E-state index is 12.2. The molecule has 0 bridgehead atoms. The summed E-state index contributed by atoms with van der Waals surface area (Å²) in [6, 6.07) is 7.95. The molecule has 1 heterocycles. The van der Waals surface area contributed by atoms with E-state index in [1.165, 1.54) is 0 Å². The van der Waals surface area contributed by atoms with Crippen LogP contribution < -0.4 is 11.3 Å². The molecule has 5 N–H and O–H groups in total. The molecule has 0 amide bonds. The quantitative estimate of drug-likeness (QED) is 0.565. The molecule has 0 radical (unpaired) electrons. The minimum Gasteiger partial charge on any atom is -0.501 e. The lowest BCUT2D eigenvalue weighted by atomic mass is 10.0. The van der Waals surface area contributed by atoms with Crippen molar-refractivity contribution in [2.24, 2.45) is 5.73 Å². The summed E-state index contributed by atoms with van der Waals surface area (Å²) in [5.41, 5.74) is 4.58. The predicted molar refractivity (Wildman–Crippen MR) is 75.9 cm³/mol. The van der Waals surface area contributed by atoms with Crippen LogP contribution in [0.15, 0.2) is 35.1 Å². The van der Waals surface area contributed by atoms with Gasteiger partial charge in [-0.1, -0.05) is 30.3 Å². The molecule has 2 aromatic rings. The molecule has 0 spiro atoms. The number of nitrogens with two attached hydrogens (primary N) is 1. The van der Waals surface area contributed by atoms with E-state index in [4.69, 9.17) is 10.8 Å². The van der Waals surface area contributed by atoms with Crippen LogP contribution in [-0.2, 0) is 6.42 Å². The lowest BCUT2D eigenvalue weighted by Crippen LogP contribution is -2.35. The van der Waals surface area contributed by atoms with E-state index in [0.29, 0.717) is 0 Å². The van der Waals surface area contributed by atoms with E-state index < -0.39 is 40.6 Å². The minimum absolute atomic E-state index is 0.201. The summed E-state index contributed by atoms with van der Waals surface area (Å²) < 4.78 is 0. The molecule has 22 heavy (non-hydrogen) atoms. The van der Waals surface area contributed by atoms with Gasteiger partial charge in [0.2, 0.25) is 11.5 Å². The summed E-state index contributed by atoms with van der Waals surface area (Å²) in [5, 5.41) is 18.2. The molecule has 0 fully saturated rings. The second kappa shape index (κ2) is 6.19. The summed E-state index contributed by atoms with van der Waals surface area (Å²) in [6.07, 6.45) is 0.201. The average molecular weight is 303 g/mol. The Morgan fingerprint density at radius 3 is 2.50 bits per heavy atom. The topological polar surface area (TPSA) is 146 Å². The van der Waals surface area contributed by atoms with Crippen molar-refractivity contribution in [1.82, 2.24) is 9.97 Å². The zero-order valence-electron chi connectivity index (χ0n) is 11.3. The van der Waals surface area contributed by atoms with Gasteiger partial charge in [-0.2, -0.15) is 0 Å². The molecule has 1 unspecified atom stereocenters. The average Bonchev–Trinajstić information content (AvgIpc) is 2.49. The van der Waals surface area contributed by atoms with Gasteiger partial charge in [-0.15, -0.1) is 0 Å². The number of carbonyl (C=O) groups is 2. The lowest BCUT2D eigenvalue weighted by Gasteiger charge is -2.10. The Morgan fingerprint density at radius 1 is 1.27 bits per heavy atom. The maximum Gasteiger partial charge on any atom is 0.358 e. The number of rotatable bonds is 5. The van der Waals surface area contributed by atoms with E-state index in [1.54, 1.807) is 24.3 Å². The Balaban J connectivity index is 2.29. The first-order valence-corrected chi connectivity index (χ1v) is 6.30. The number of ketones is 1. The molecule has 1 aromatic heterocycles. The minimum atomic E-state index is -1.62. The van der Waals surface area contributed by atoms with Crippen molar-refractivity contribution < 1.29 is 19.8 Å². The van der Waals surface area contributed by atoms with Crippen LogP contribution in [0.1, 0.15) is 26.7 Å². The fraction of sp³-hybridized carbons (Fsp3) is 0.143. The molecular weight excluding hydrogens is 290 g/mol. The number of carbonyl (C=O) groups excluding carboxylic acids is 1. The first-order chi connectivity index (χ1) is 10.4. The van der Waals surface area contributed by atoms with Gasteiger partial charge >= 0.3 is 5.97 Å². The van der Waals surface area contributed by atoms with Crippen molar-refractivity contribution in [3.8, 4) is 5.75 Å². The zero-order valence-corrected chi connectivity index (χ0v) is 11.3. The molecule has 0 aliphatic heterocycles. The summed E-state index contributed by atoms with van der Waals surface area (Å²) >= 11 is 0. The number of aromatic hydroxyl groups is 1. The molecule has 1 atom stereocenters. The predicted octanol–water partition coefficient (Wildman–Crippen LogP) is -0.0736. The van der Waals surface area contributed by atoms with Crippen molar-refractivity contribution in [2.45, 2.75) is 12.5 Å². The highest BCUT2D eigenvalue weighted by Gasteiger charge is 2.23. The molecule has 0 aliphatic rings. The van der Waals surface area contributed by atoms with Gasteiger partial charge in [0.1, 0.15) is 0 Å². The Labute approximate surface area is 124 Å². The first kappa shape index (κ1) is 15.4. The van der Waals surface area contributed by atoms with Gasteiger partial charge in [0.15, 0.2) is 11.5 Å². The number of carboxylic acid groups (broad SMARTS) is 1. The van der Waals surface area contributed by atoms with Crippen LogP contribution in [-0.4, -0.2) is 38.0 Å². The first-order valence-electron chi connectivity index (χ1n) is 6.30. The van der Waals surface area contributed by atoms with Gasteiger partial charge in [-0.05, 0) is 12.0 Å². The highest BCUT2D eigenvalue weighted by molar-refractivity contribution is 5.98. The largest absolute Gasteiger partial charge is 0.501 e. The Bertz CT molecular complexity index is 770. The van der Waals surface area contributed by atoms with Crippen LogP contribution in [0.2, 0.25) is 0 Å². The Morgan fingerprint density at radius 2 is 1.91 bits per heavy atom. The van der Waals surface area contributed by atoms with Crippen molar-refractivity contribution in [2.75, 3.05) is 0 Å². The van der Waals surface area contributed by atoms with Gasteiger partial charge in [-0.3, -0.25) is 9.59 Å². The van der Waals surface area contributed by atoms with E-state index in [-0.39, 0.29) is 6.42 Å². The van der Waals surface area contributed by atoms with E-state index in [9.17, 15) is 19.5 Å². The van der Waals surface area contributed by atoms with E-state index >= 15 is 0 Å². The molecule has 0 saturated heterocycles. The molecule has 2 rings (SSSR count). The fourth-order valence-electron chi connectivity index (χ4n) is 1.87. The molecule has 0 saturated carbocycles. The number of aromatic nitrogens is 2. The highest BCUT2D eigenvalue weighted by Crippen LogP contribution is 2.10. The van der Waals surface area contributed by atoms with Crippen molar-refractivity contribution in [3.05, 3.63) is 57.8 Å². The van der Waals surface area contributed by atoms with Gasteiger partial charge in [0, 0.05) is 0 Å². The molecule has 114 valence electrons. The summed E-state index contributed by atoms with van der Waals surface area (Å²) in [4.78, 5) is 40.0. The number of H-pyrrole nitrogens is 1. The number of benzene rings is 1. The third kappa shape index (κ3) is 3.18. The number of carboxylic acids is 1. The van der Waals surface area contributed by atoms with Crippen LogP contribution in [0.3, 0.4) is 0 Å². The monoisotopic (exact) mass is 303 g/mol. The lowest BCUT2D eigenvalue weighted by molar-refractivity contribution is 0.0686. The van der Waals surface area contributed by atoms with E-state index in [0.717, 1.165) is 5.56 Å². The SMILES string of the molecule is NC(Cc1ccccc1)C(=O)c1nc(C(=O)O)c(O)c(=O)[nH]1. The standard InChI is InChI=1S/C14H13N3O5/c15-8(6-7-4-2-1-3-5-7)10(18)12-16-9(14(21)22)11(19)13(20)17-12/h1-5,8,19H,6,15H2,(H,21,22)(H,16,17,20).